The Morgan fingerprint density at radius 1 is 1.33 bits per heavy atom. The first-order valence-electron chi connectivity index (χ1n) is 6.06. The average molecular weight is 372 g/mol. The SMILES string of the molecule is CCn1nc(C(C)(P)I)c(-c2ccccc2)c1C. The summed E-state index contributed by atoms with van der Waals surface area (Å²) >= 11 is 2.43. The Bertz CT molecular complexity index is 541. The van der Waals surface area contributed by atoms with E-state index in [-0.39, 0.29) is 3.16 Å². The highest BCUT2D eigenvalue weighted by Gasteiger charge is 2.27. The fraction of sp³-hybridized carbons (Fsp3) is 0.357. The zero-order valence-electron chi connectivity index (χ0n) is 10.9. The Hall–Kier alpha value is -0.410. The summed E-state index contributed by atoms with van der Waals surface area (Å²) in [5.41, 5.74) is 4.89. The van der Waals surface area contributed by atoms with Crippen LogP contribution in [0.4, 0.5) is 0 Å². The first-order valence-corrected chi connectivity index (χ1v) is 7.71. The fourth-order valence-electron chi connectivity index (χ4n) is 2.15. The monoisotopic (exact) mass is 372 g/mol. The Labute approximate surface area is 125 Å². The topological polar surface area (TPSA) is 17.8 Å². The highest BCUT2D eigenvalue weighted by atomic mass is 127. The van der Waals surface area contributed by atoms with E-state index in [1.807, 2.05) is 6.07 Å². The van der Waals surface area contributed by atoms with Crippen molar-refractivity contribution in [1.82, 2.24) is 9.78 Å². The van der Waals surface area contributed by atoms with Crippen molar-refractivity contribution >= 4 is 31.8 Å². The van der Waals surface area contributed by atoms with Gasteiger partial charge < -0.3 is 0 Å². The Morgan fingerprint density at radius 3 is 2.44 bits per heavy atom. The number of alkyl halides is 1. The first kappa shape index (κ1) is 14.0. The van der Waals surface area contributed by atoms with E-state index >= 15 is 0 Å². The second-order valence-corrected chi connectivity index (χ2v) is 9.14. The molecule has 2 aromatic rings. The second kappa shape index (κ2) is 5.30. The normalized spacial score (nSPS) is 14.5. The van der Waals surface area contributed by atoms with Gasteiger partial charge in [-0.3, -0.25) is 4.68 Å². The minimum atomic E-state index is -0.0475. The Balaban J connectivity index is 2.69. The van der Waals surface area contributed by atoms with Crippen LogP contribution in [-0.4, -0.2) is 9.78 Å². The molecule has 0 aliphatic heterocycles. The molecule has 18 heavy (non-hydrogen) atoms. The van der Waals surface area contributed by atoms with Gasteiger partial charge in [-0.2, -0.15) is 5.10 Å². The molecule has 1 heterocycles. The molecular formula is C14H18IN2P. The van der Waals surface area contributed by atoms with Crippen LogP contribution < -0.4 is 0 Å². The lowest BCUT2D eigenvalue weighted by molar-refractivity contribution is 0.628. The van der Waals surface area contributed by atoms with Gasteiger partial charge in [-0.15, -0.1) is 9.24 Å². The summed E-state index contributed by atoms with van der Waals surface area (Å²) in [4.78, 5) is 0. The van der Waals surface area contributed by atoms with Gasteiger partial charge in [0.1, 0.15) is 0 Å². The molecule has 2 nitrogen and oxygen atoms in total. The number of hydrogen-bond acceptors (Lipinski definition) is 1. The van der Waals surface area contributed by atoms with Crippen LogP contribution in [-0.2, 0) is 9.71 Å². The van der Waals surface area contributed by atoms with Gasteiger partial charge in [0, 0.05) is 17.8 Å². The molecule has 0 bridgehead atoms. The number of aryl methyl sites for hydroxylation is 1. The smallest absolute Gasteiger partial charge is 0.0899 e. The van der Waals surface area contributed by atoms with Crippen molar-refractivity contribution in [2.45, 2.75) is 30.5 Å². The minimum absolute atomic E-state index is 0.0475. The van der Waals surface area contributed by atoms with Crippen LogP contribution in [0.25, 0.3) is 11.1 Å². The average Bonchev–Trinajstić information content (AvgIpc) is 2.67. The number of aromatic nitrogens is 2. The van der Waals surface area contributed by atoms with Crippen LogP contribution in [0, 0.1) is 6.92 Å². The number of nitrogens with zero attached hydrogens (tertiary/aromatic N) is 2. The molecule has 0 saturated carbocycles. The van der Waals surface area contributed by atoms with Crippen LogP contribution in [0.5, 0.6) is 0 Å². The summed E-state index contributed by atoms with van der Waals surface area (Å²) < 4.78 is 2.03. The third-order valence-corrected chi connectivity index (χ3v) is 3.82. The molecule has 2 unspecified atom stereocenters. The third kappa shape index (κ3) is 2.62. The summed E-state index contributed by atoms with van der Waals surface area (Å²) in [5, 5.41) is 4.76. The Morgan fingerprint density at radius 2 is 1.94 bits per heavy atom. The lowest BCUT2D eigenvalue weighted by atomic mass is 10.0. The molecule has 0 saturated heterocycles. The van der Waals surface area contributed by atoms with Gasteiger partial charge >= 0.3 is 0 Å². The third-order valence-electron chi connectivity index (χ3n) is 3.03. The standard InChI is InChI=1S/C14H18IN2P/c1-4-17-10(2)12(11-8-6-5-7-9-11)13(16-17)14(3,15)18/h5-9H,4,18H2,1-3H3. The summed E-state index contributed by atoms with van der Waals surface area (Å²) in [6.07, 6.45) is 0. The minimum Gasteiger partial charge on any atom is -0.269 e. The van der Waals surface area contributed by atoms with Crippen LogP contribution in [0.2, 0.25) is 0 Å². The molecule has 0 radical (unpaired) electrons. The van der Waals surface area contributed by atoms with Crippen LogP contribution in [0.15, 0.2) is 30.3 Å². The quantitative estimate of drug-likeness (QED) is 0.445. The molecule has 1 aromatic carbocycles. The van der Waals surface area contributed by atoms with Crippen molar-refractivity contribution in [1.29, 1.82) is 0 Å². The van der Waals surface area contributed by atoms with Crippen molar-refractivity contribution in [2.24, 2.45) is 0 Å². The van der Waals surface area contributed by atoms with E-state index in [4.69, 9.17) is 5.10 Å². The molecule has 0 aliphatic carbocycles. The molecule has 0 amide bonds. The van der Waals surface area contributed by atoms with Gasteiger partial charge in [-0.05, 0) is 26.3 Å². The van der Waals surface area contributed by atoms with E-state index in [1.165, 1.54) is 16.8 Å². The maximum Gasteiger partial charge on any atom is 0.0899 e. The van der Waals surface area contributed by atoms with Gasteiger partial charge in [0.2, 0.25) is 0 Å². The summed E-state index contributed by atoms with van der Waals surface area (Å²) in [6.45, 7) is 7.36. The molecule has 1 aromatic heterocycles. The van der Waals surface area contributed by atoms with Crippen LogP contribution in [0.1, 0.15) is 25.2 Å². The molecule has 2 atom stereocenters. The molecule has 96 valence electrons. The van der Waals surface area contributed by atoms with Crippen molar-refractivity contribution in [3.05, 3.63) is 41.7 Å². The molecule has 0 N–H and O–H groups in total. The summed E-state index contributed by atoms with van der Waals surface area (Å²) in [5.74, 6) is 0. The molecule has 0 spiro atoms. The van der Waals surface area contributed by atoms with Crippen molar-refractivity contribution in [3.8, 4) is 11.1 Å². The van der Waals surface area contributed by atoms with Crippen LogP contribution in [0.3, 0.4) is 0 Å². The zero-order chi connectivity index (χ0) is 13.3. The van der Waals surface area contributed by atoms with E-state index < -0.39 is 0 Å². The molecule has 4 heteroatoms. The van der Waals surface area contributed by atoms with Gasteiger partial charge in [0.15, 0.2) is 0 Å². The van der Waals surface area contributed by atoms with E-state index in [0.29, 0.717) is 0 Å². The van der Waals surface area contributed by atoms with Gasteiger partial charge in [0.05, 0.1) is 8.86 Å². The van der Waals surface area contributed by atoms with Gasteiger partial charge in [-0.1, -0.05) is 52.9 Å². The Kier molecular flexibility index (Phi) is 4.12. The van der Waals surface area contributed by atoms with E-state index in [0.717, 1.165) is 12.2 Å². The number of halogens is 1. The summed E-state index contributed by atoms with van der Waals surface area (Å²) in [7, 11) is 2.88. The van der Waals surface area contributed by atoms with Crippen molar-refractivity contribution in [2.75, 3.05) is 0 Å². The maximum absolute atomic E-state index is 4.76. The van der Waals surface area contributed by atoms with Crippen molar-refractivity contribution < 1.29 is 0 Å². The first-order chi connectivity index (χ1) is 8.45. The lowest BCUT2D eigenvalue weighted by Gasteiger charge is -2.15. The molecule has 2 rings (SSSR count). The fourth-order valence-corrected chi connectivity index (χ4v) is 2.73. The lowest BCUT2D eigenvalue weighted by Crippen LogP contribution is -2.06. The maximum atomic E-state index is 4.76. The predicted molar refractivity (Wildman–Crippen MR) is 89.2 cm³/mol. The molecular weight excluding hydrogens is 354 g/mol. The number of hydrogen-bond donors (Lipinski definition) is 0. The highest BCUT2D eigenvalue weighted by Crippen LogP contribution is 2.43. The number of rotatable bonds is 3. The van der Waals surface area contributed by atoms with E-state index in [2.05, 4.69) is 81.5 Å². The largest absolute Gasteiger partial charge is 0.269 e. The van der Waals surface area contributed by atoms with Gasteiger partial charge in [0.25, 0.3) is 0 Å². The van der Waals surface area contributed by atoms with Crippen LogP contribution >= 0.6 is 31.8 Å². The summed E-state index contributed by atoms with van der Waals surface area (Å²) in [6, 6.07) is 10.5. The molecule has 0 aliphatic rings. The second-order valence-electron chi connectivity index (χ2n) is 4.57. The molecule has 0 fully saturated rings. The van der Waals surface area contributed by atoms with E-state index in [1.54, 1.807) is 0 Å². The predicted octanol–water partition coefficient (Wildman–Crippen LogP) is 4.36. The van der Waals surface area contributed by atoms with Gasteiger partial charge in [-0.25, -0.2) is 0 Å². The number of benzene rings is 1. The van der Waals surface area contributed by atoms with E-state index in [9.17, 15) is 0 Å². The highest BCUT2D eigenvalue weighted by molar-refractivity contribution is 14.1. The van der Waals surface area contributed by atoms with Crippen molar-refractivity contribution in [3.63, 3.8) is 0 Å². The zero-order valence-corrected chi connectivity index (χ0v) is 14.3.